The molecule has 0 amide bonds. The molecule has 0 bridgehead atoms. The van der Waals surface area contributed by atoms with Crippen molar-refractivity contribution in [2.24, 2.45) is 0 Å². The average Bonchev–Trinajstić information content (AvgIpc) is 3.23. The van der Waals surface area contributed by atoms with Gasteiger partial charge in [-0.3, -0.25) is 14.7 Å². The molecule has 32 heavy (non-hydrogen) atoms. The highest BCUT2D eigenvalue weighted by molar-refractivity contribution is 7.86. The summed E-state index contributed by atoms with van der Waals surface area (Å²) < 4.78 is 33.3. The third-order valence-corrected chi connectivity index (χ3v) is 5.52. The van der Waals surface area contributed by atoms with Gasteiger partial charge in [0.05, 0.1) is 22.2 Å². The molecule has 0 radical (unpaired) electrons. The van der Waals surface area contributed by atoms with Gasteiger partial charge in [0.15, 0.2) is 5.69 Å². The van der Waals surface area contributed by atoms with Crippen molar-refractivity contribution in [3.63, 3.8) is 0 Å². The number of aliphatic hydroxyl groups excluding tert-OH is 1. The first-order chi connectivity index (χ1) is 15.3. The number of aromatic nitrogens is 4. The van der Waals surface area contributed by atoms with Gasteiger partial charge in [0.2, 0.25) is 0 Å². The van der Waals surface area contributed by atoms with Crippen molar-refractivity contribution in [2.75, 3.05) is 0 Å². The Morgan fingerprint density at radius 2 is 1.72 bits per heavy atom. The quantitative estimate of drug-likeness (QED) is 0.194. The van der Waals surface area contributed by atoms with E-state index in [9.17, 15) is 28.2 Å². The number of rotatable bonds is 6. The monoisotopic (exact) mass is 454 g/mol. The van der Waals surface area contributed by atoms with Crippen molar-refractivity contribution in [2.45, 2.75) is 11.5 Å². The summed E-state index contributed by atoms with van der Waals surface area (Å²) in [5.41, 5.74) is 0.915. The van der Waals surface area contributed by atoms with E-state index < -0.39 is 21.6 Å². The van der Waals surface area contributed by atoms with Crippen LogP contribution in [0.4, 0.5) is 5.69 Å². The van der Waals surface area contributed by atoms with Crippen LogP contribution in [0.5, 0.6) is 0 Å². The van der Waals surface area contributed by atoms with Gasteiger partial charge in [0, 0.05) is 22.5 Å². The molecule has 0 fully saturated rings. The number of benzene rings is 3. The molecule has 0 aliphatic heterocycles. The second-order valence-electron chi connectivity index (χ2n) is 6.64. The zero-order chi connectivity index (χ0) is 22.9. The molecule has 0 aliphatic rings. The van der Waals surface area contributed by atoms with Crippen molar-refractivity contribution >= 4 is 15.8 Å². The molecule has 4 rings (SSSR count). The molecule has 2 N–H and O–H groups in total. The maximum Gasteiger partial charge on any atom is 0.341 e. The number of hydrogen-bond donors (Lipinski definition) is 2. The number of nitro groups is 1. The standard InChI is InChI=1S/C20H15N5O6S/c26-13-14-12-16(25(27)28)10-11-18(14)24-22-20(21-23(24)15-6-2-1-3-7-15)17-8-4-5-9-19(17)32(29,30)31/h1-12,26H,13H2/p+1. The highest BCUT2D eigenvalue weighted by Gasteiger charge is 2.29. The third-order valence-electron chi connectivity index (χ3n) is 4.61. The number of nitrogens with zero attached hydrogens (tertiary/aromatic N) is 5. The SMILES string of the molecule is O=[N+]([O-])c1ccc(-[n+]2nc(-c3ccccc3S(=O)(=O)O)nn2-c2ccccc2)c(CO)c1. The molecular formula is C20H16N5O6S+. The van der Waals surface area contributed by atoms with Crippen LogP contribution in [0, 0.1) is 10.1 Å². The Bertz CT molecular complexity index is 1420. The average molecular weight is 454 g/mol. The van der Waals surface area contributed by atoms with Crippen molar-refractivity contribution in [3.05, 3.63) is 88.5 Å². The van der Waals surface area contributed by atoms with Crippen LogP contribution in [-0.4, -0.2) is 38.0 Å². The summed E-state index contributed by atoms with van der Waals surface area (Å²) in [4.78, 5) is 12.8. The van der Waals surface area contributed by atoms with Crippen LogP contribution in [0.1, 0.15) is 5.56 Å². The molecule has 3 aromatic carbocycles. The van der Waals surface area contributed by atoms with E-state index in [1.165, 1.54) is 46.0 Å². The lowest BCUT2D eigenvalue weighted by atomic mass is 10.1. The van der Waals surface area contributed by atoms with E-state index in [2.05, 4.69) is 10.2 Å². The minimum atomic E-state index is -4.56. The molecule has 0 saturated carbocycles. The molecule has 0 atom stereocenters. The van der Waals surface area contributed by atoms with E-state index in [4.69, 9.17) is 0 Å². The van der Waals surface area contributed by atoms with Gasteiger partial charge < -0.3 is 5.11 Å². The molecule has 0 unspecified atom stereocenters. The first-order valence-corrected chi connectivity index (χ1v) is 10.6. The van der Waals surface area contributed by atoms with Crippen molar-refractivity contribution in [3.8, 4) is 22.8 Å². The van der Waals surface area contributed by atoms with Gasteiger partial charge in [-0.1, -0.05) is 30.3 Å². The Morgan fingerprint density at radius 1 is 1.03 bits per heavy atom. The predicted molar refractivity (Wildman–Crippen MR) is 111 cm³/mol. The third kappa shape index (κ3) is 3.97. The van der Waals surface area contributed by atoms with E-state index >= 15 is 0 Å². The molecule has 162 valence electrons. The van der Waals surface area contributed by atoms with Crippen LogP contribution < -0.4 is 4.80 Å². The second kappa shape index (κ2) is 8.26. The first kappa shape index (κ1) is 21.2. The highest BCUT2D eigenvalue weighted by atomic mass is 32.2. The normalized spacial score (nSPS) is 11.4. The number of nitro benzene ring substituents is 1. The Labute approximate surface area is 181 Å². The summed E-state index contributed by atoms with van der Waals surface area (Å²) in [7, 11) is -4.56. The summed E-state index contributed by atoms with van der Waals surface area (Å²) in [6, 6.07) is 18.4. The van der Waals surface area contributed by atoms with E-state index in [0.29, 0.717) is 11.4 Å². The summed E-state index contributed by atoms with van der Waals surface area (Å²) in [5, 5.41) is 29.8. The van der Waals surface area contributed by atoms with Gasteiger partial charge in [-0.05, 0) is 40.2 Å². The van der Waals surface area contributed by atoms with E-state index in [1.54, 1.807) is 36.4 Å². The number of para-hydroxylation sites is 1. The molecule has 0 saturated heterocycles. The molecular weight excluding hydrogens is 438 g/mol. The summed E-state index contributed by atoms with van der Waals surface area (Å²) in [6.45, 7) is -0.511. The summed E-state index contributed by atoms with van der Waals surface area (Å²) >= 11 is 0. The zero-order valence-electron chi connectivity index (χ0n) is 16.3. The molecule has 11 nitrogen and oxygen atoms in total. The van der Waals surface area contributed by atoms with Crippen molar-refractivity contribution < 1.29 is 27.8 Å². The Kier molecular flexibility index (Phi) is 5.48. The first-order valence-electron chi connectivity index (χ1n) is 9.20. The number of tetrazole rings is 1. The molecule has 0 spiro atoms. The van der Waals surface area contributed by atoms with Crippen LogP contribution in [0.3, 0.4) is 0 Å². The molecule has 0 aliphatic carbocycles. The van der Waals surface area contributed by atoms with Crippen molar-refractivity contribution in [1.29, 1.82) is 0 Å². The fourth-order valence-electron chi connectivity index (χ4n) is 3.16. The van der Waals surface area contributed by atoms with Gasteiger partial charge >= 0.3 is 5.82 Å². The maximum atomic E-state index is 11.8. The minimum absolute atomic E-state index is 0.0238. The second-order valence-corrected chi connectivity index (χ2v) is 8.03. The fraction of sp³-hybridized carbons (Fsp3) is 0.0500. The zero-order valence-corrected chi connectivity index (χ0v) is 17.1. The largest absolute Gasteiger partial charge is 0.392 e. The van der Waals surface area contributed by atoms with Crippen LogP contribution >= 0.6 is 0 Å². The fourth-order valence-corrected chi connectivity index (χ4v) is 3.85. The Balaban J connectivity index is 1.99. The van der Waals surface area contributed by atoms with E-state index in [0.717, 1.165) is 0 Å². The lowest BCUT2D eigenvalue weighted by Gasteiger charge is -2.04. The maximum absolute atomic E-state index is 11.8. The van der Waals surface area contributed by atoms with Crippen LogP contribution in [0.15, 0.2) is 77.7 Å². The van der Waals surface area contributed by atoms with Gasteiger partial charge in [-0.15, -0.1) is 0 Å². The van der Waals surface area contributed by atoms with E-state index in [-0.39, 0.29) is 27.5 Å². The predicted octanol–water partition coefficient (Wildman–Crippen LogP) is 1.86. The minimum Gasteiger partial charge on any atom is -0.392 e. The number of aliphatic hydroxyl groups is 1. The topological polar surface area (TPSA) is 152 Å². The Hall–Kier alpha value is -4.00. The smallest absolute Gasteiger partial charge is 0.341 e. The van der Waals surface area contributed by atoms with E-state index in [1.807, 2.05) is 0 Å². The molecule has 1 aromatic heterocycles. The van der Waals surface area contributed by atoms with Crippen LogP contribution in [-0.2, 0) is 16.7 Å². The lowest BCUT2D eigenvalue weighted by molar-refractivity contribution is -0.735. The highest BCUT2D eigenvalue weighted by Crippen LogP contribution is 2.25. The summed E-state index contributed by atoms with van der Waals surface area (Å²) in [5.74, 6) is -0.0238. The van der Waals surface area contributed by atoms with Crippen LogP contribution in [0.2, 0.25) is 0 Å². The van der Waals surface area contributed by atoms with Gasteiger partial charge in [-0.2, -0.15) is 8.42 Å². The molecule has 12 heteroatoms. The lowest BCUT2D eigenvalue weighted by Crippen LogP contribution is -2.44. The van der Waals surface area contributed by atoms with Crippen LogP contribution in [0.25, 0.3) is 22.8 Å². The van der Waals surface area contributed by atoms with Gasteiger partial charge in [0.25, 0.3) is 15.8 Å². The number of hydrogen-bond acceptors (Lipinski definition) is 7. The summed E-state index contributed by atoms with van der Waals surface area (Å²) in [6.07, 6.45) is 0. The van der Waals surface area contributed by atoms with Gasteiger partial charge in [-0.25, -0.2) is 0 Å². The van der Waals surface area contributed by atoms with Crippen molar-refractivity contribution in [1.82, 2.24) is 15.0 Å². The van der Waals surface area contributed by atoms with Gasteiger partial charge in [0.1, 0.15) is 10.6 Å². The Morgan fingerprint density at radius 3 is 2.38 bits per heavy atom. The number of non-ortho nitro benzene ring substituents is 1. The molecule has 4 aromatic rings. The molecule has 1 heterocycles.